The molecule has 2 heterocycles. The molecule has 5 nitrogen and oxygen atoms in total. The Morgan fingerprint density at radius 1 is 1.19 bits per heavy atom. The molecule has 4 rings (SSSR count). The summed E-state index contributed by atoms with van der Waals surface area (Å²) < 4.78 is 2.21. The molecule has 6 heteroatoms. The number of imidazole rings is 1. The smallest absolute Gasteiger partial charge is 0.248 e. The van der Waals surface area contributed by atoms with Crippen molar-refractivity contribution in [2.75, 3.05) is 0 Å². The van der Waals surface area contributed by atoms with Crippen LogP contribution in [0.25, 0.3) is 11.0 Å². The summed E-state index contributed by atoms with van der Waals surface area (Å²) in [5.74, 6) is 0.401. The number of carbonyl (C=O) groups is 1. The van der Waals surface area contributed by atoms with Crippen molar-refractivity contribution in [3.05, 3.63) is 71.4 Å². The van der Waals surface area contributed by atoms with Crippen molar-refractivity contribution < 1.29 is 4.79 Å². The number of aliphatic imine (C=N–C) groups is 1. The van der Waals surface area contributed by atoms with Crippen LogP contribution in [-0.2, 0) is 12.3 Å². The van der Waals surface area contributed by atoms with Gasteiger partial charge >= 0.3 is 0 Å². The minimum atomic E-state index is -0.436. The Balaban J connectivity index is 1.70. The summed E-state index contributed by atoms with van der Waals surface area (Å²) in [7, 11) is 0. The molecule has 0 spiro atoms. The fourth-order valence-corrected chi connectivity index (χ4v) is 4.09. The second-order valence-corrected chi connectivity index (χ2v) is 7.42. The first-order chi connectivity index (χ1) is 13.2. The van der Waals surface area contributed by atoms with E-state index < -0.39 is 5.91 Å². The van der Waals surface area contributed by atoms with Gasteiger partial charge in [0.25, 0.3) is 0 Å². The van der Waals surface area contributed by atoms with Crippen molar-refractivity contribution >= 4 is 34.9 Å². The third kappa shape index (κ3) is 3.95. The third-order valence-corrected chi connectivity index (χ3v) is 5.57. The summed E-state index contributed by atoms with van der Waals surface area (Å²) in [5.41, 5.74) is 10.2. The molecule has 1 amide bonds. The highest BCUT2D eigenvalue weighted by molar-refractivity contribution is 7.98. The van der Waals surface area contributed by atoms with Gasteiger partial charge in [0.05, 0.1) is 11.0 Å². The molecule has 0 fully saturated rings. The lowest BCUT2D eigenvalue weighted by atomic mass is 10.1. The van der Waals surface area contributed by atoms with Crippen molar-refractivity contribution in [1.29, 1.82) is 0 Å². The minimum absolute atomic E-state index is 0.436. The first-order valence-electron chi connectivity index (χ1n) is 8.87. The Kier molecular flexibility index (Phi) is 5.07. The normalized spacial score (nSPS) is 13.7. The maximum absolute atomic E-state index is 11.5. The molecule has 0 unspecified atom stereocenters. The standard InChI is InChI=1S/C21H20N4OS/c22-20(26)17-8-9-19-18(11-17)24-21(27-14-15-5-2-1-3-6-15)25(19)13-16-7-4-10-23-12-16/h1-3,5-6,8-12H,4,7,13-14H2,(H2,22,26). The van der Waals surface area contributed by atoms with Crippen molar-refractivity contribution in [3.63, 3.8) is 0 Å². The molecule has 0 saturated heterocycles. The molecule has 0 radical (unpaired) electrons. The molecule has 2 aromatic carbocycles. The molecule has 0 atom stereocenters. The number of carbonyl (C=O) groups excluding carboxylic acids is 1. The number of nitrogens with two attached hydrogens (primary N) is 1. The fraction of sp³-hybridized carbons (Fsp3) is 0.190. The highest BCUT2D eigenvalue weighted by Gasteiger charge is 2.15. The summed E-state index contributed by atoms with van der Waals surface area (Å²) in [6.45, 7) is 0.751. The van der Waals surface area contributed by atoms with Gasteiger partial charge in [-0.05, 0) is 42.2 Å². The van der Waals surface area contributed by atoms with Crippen LogP contribution in [0.3, 0.4) is 0 Å². The average molecular weight is 376 g/mol. The zero-order valence-electron chi connectivity index (χ0n) is 14.8. The Hall–Kier alpha value is -2.86. The van der Waals surface area contributed by atoms with Crippen LogP contribution in [0, 0.1) is 0 Å². The fourth-order valence-electron chi connectivity index (χ4n) is 3.12. The summed E-state index contributed by atoms with van der Waals surface area (Å²) >= 11 is 1.70. The second-order valence-electron chi connectivity index (χ2n) is 6.48. The van der Waals surface area contributed by atoms with Gasteiger partial charge in [-0.3, -0.25) is 9.79 Å². The van der Waals surface area contributed by atoms with Gasteiger partial charge in [0.2, 0.25) is 5.91 Å². The maximum atomic E-state index is 11.5. The summed E-state index contributed by atoms with van der Waals surface area (Å²) in [6, 6.07) is 15.8. The lowest BCUT2D eigenvalue weighted by Crippen LogP contribution is -2.10. The van der Waals surface area contributed by atoms with E-state index in [1.807, 2.05) is 36.7 Å². The molecule has 0 bridgehead atoms. The molecule has 27 heavy (non-hydrogen) atoms. The van der Waals surface area contributed by atoms with E-state index in [9.17, 15) is 4.79 Å². The van der Waals surface area contributed by atoms with Gasteiger partial charge in [-0.15, -0.1) is 0 Å². The Labute approximate surface area is 162 Å². The summed E-state index contributed by atoms with van der Waals surface area (Å²) in [6.07, 6.45) is 5.86. The van der Waals surface area contributed by atoms with Gasteiger partial charge in [0.1, 0.15) is 0 Å². The van der Waals surface area contributed by atoms with E-state index in [0.29, 0.717) is 5.56 Å². The van der Waals surface area contributed by atoms with Gasteiger partial charge in [-0.2, -0.15) is 0 Å². The van der Waals surface area contributed by atoms with E-state index in [0.717, 1.165) is 41.3 Å². The average Bonchev–Trinajstić information content (AvgIpc) is 3.04. The second kappa shape index (κ2) is 7.80. The zero-order valence-corrected chi connectivity index (χ0v) is 15.7. The Bertz CT molecular complexity index is 1040. The predicted molar refractivity (Wildman–Crippen MR) is 110 cm³/mol. The van der Waals surface area contributed by atoms with Crippen LogP contribution >= 0.6 is 11.8 Å². The van der Waals surface area contributed by atoms with Gasteiger partial charge in [0, 0.05) is 30.3 Å². The van der Waals surface area contributed by atoms with E-state index >= 15 is 0 Å². The first-order valence-corrected chi connectivity index (χ1v) is 9.85. The molecule has 1 aliphatic rings. The maximum Gasteiger partial charge on any atom is 0.248 e. The SMILES string of the molecule is NC(=O)c1ccc2c(c1)nc(SCc1ccccc1)n2CC1=CN=CCC1. The van der Waals surface area contributed by atoms with E-state index in [1.54, 1.807) is 23.9 Å². The number of rotatable bonds is 6. The number of benzene rings is 2. The van der Waals surface area contributed by atoms with E-state index in [1.165, 1.54) is 11.1 Å². The first kappa shape index (κ1) is 17.5. The number of hydrogen-bond acceptors (Lipinski definition) is 4. The topological polar surface area (TPSA) is 73.3 Å². The predicted octanol–water partition coefficient (Wildman–Crippen LogP) is 4.18. The van der Waals surface area contributed by atoms with Crippen LogP contribution in [0.4, 0.5) is 0 Å². The van der Waals surface area contributed by atoms with Gasteiger partial charge in [-0.1, -0.05) is 42.1 Å². The highest BCUT2D eigenvalue weighted by atomic mass is 32.2. The monoisotopic (exact) mass is 376 g/mol. The van der Waals surface area contributed by atoms with Crippen molar-refractivity contribution in [2.45, 2.75) is 30.3 Å². The number of amides is 1. The molecule has 1 aromatic heterocycles. The number of aromatic nitrogens is 2. The molecule has 1 aliphatic heterocycles. The number of hydrogen-bond donors (Lipinski definition) is 1. The lowest BCUT2D eigenvalue weighted by Gasteiger charge is -2.13. The molecule has 0 saturated carbocycles. The van der Waals surface area contributed by atoms with Crippen LogP contribution in [-0.4, -0.2) is 21.7 Å². The number of allylic oxidation sites excluding steroid dienone is 1. The molecule has 3 aromatic rings. The van der Waals surface area contributed by atoms with Crippen LogP contribution < -0.4 is 5.73 Å². The van der Waals surface area contributed by atoms with Gasteiger partial charge < -0.3 is 10.3 Å². The van der Waals surface area contributed by atoms with Crippen LogP contribution in [0.2, 0.25) is 0 Å². The van der Waals surface area contributed by atoms with E-state index in [2.05, 4.69) is 21.7 Å². The third-order valence-electron chi connectivity index (χ3n) is 4.53. The van der Waals surface area contributed by atoms with Gasteiger partial charge in [0.15, 0.2) is 5.16 Å². The van der Waals surface area contributed by atoms with E-state index in [4.69, 9.17) is 10.7 Å². The lowest BCUT2D eigenvalue weighted by molar-refractivity contribution is 0.100. The van der Waals surface area contributed by atoms with Crippen molar-refractivity contribution in [3.8, 4) is 0 Å². The Morgan fingerprint density at radius 2 is 2.04 bits per heavy atom. The van der Waals surface area contributed by atoms with Crippen molar-refractivity contribution in [2.24, 2.45) is 10.7 Å². The van der Waals surface area contributed by atoms with E-state index in [-0.39, 0.29) is 0 Å². The highest BCUT2D eigenvalue weighted by Crippen LogP contribution is 2.29. The van der Waals surface area contributed by atoms with Crippen LogP contribution in [0.1, 0.15) is 28.8 Å². The van der Waals surface area contributed by atoms with Crippen LogP contribution in [0.15, 0.2) is 70.5 Å². The molecule has 2 N–H and O–H groups in total. The number of primary amides is 1. The summed E-state index contributed by atoms with van der Waals surface area (Å²) in [4.78, 5) is 20.6. The number of fused-ring (bicyclic) bond motifs is 1. The molecular formula is C21H20N4OS. The number of thioether (sulfide) groups is 1. The summed E-state index contributed by atoms with van der Waals surface area (Å²) in [5, 5.41) is 0.936. The van der Waals surface area contributed by atoms with Gasteiger partial charge in [-0.25, -0.2) is 4.98 Å². The minimum Gasteiger partial charge on any atom is -0.366 e. The quantitative estimate of drug-likeness (QED) is 0.656. The molecular weight excluding hydrogens is 356 g/mol. The molecule has 136 valence electrons. The Morgan fingerprint density at radius 3 is 2.78 bits per heavy atom. The zero-order chi connectivity index (χ0) is 18.6. The van der Waals surface area contributed by atoms with Crippen LogP contribution in [0.5, 0.6) is 0 Å². The number of nitrogens with zero attached hydrogens (tertiary/aromatic N) is 3. The van der Waals surface area contributed by atoms with Crippen molar-refractivity contribution in [1.82, 2.24) is 9.55 Å². The molecule has 0 aliphatic carbocycles. The largest absolute Gasteiger partial charge is 0.366 e.